The summed E-state index contributed by atoms with van der Waals surface area (Å²) >= 11 is 1.32. The summed E-state index contributed by atoms with van der Waals surface area (Å²) in [5.74, 6) is -0.355. The van der Waals surface area contributed by atoms with Crippen LogP contribution in [0.25, 0.3) is 10.6 Å². The molecular weight excluding hydrogens is 250 g/mol. The smallest absolute Gasteiger partial charge is 0.349 e. The van der Waals surface area contributed by atoms with E-state index in [-0.39, 0.29) is 5.97 Å². The lowest BCUT2D eigenvalue weighted by molar-refractivity contribution is 0.0606. The lowest BCUT2D eigenvalue weighted by atomic mass is 10.1. The third-order valence-electron chi connectivity index (χ3n) is 2.38. The van der Waals surface area contributed by atoms with Crippen molar-refractivity contribution in [3.05, 3.63) is 40.9 Å². The van der Waals surface area contributed by atoms with Gasteiger partial charge in [0.2, 0.25) is 0 Å². The Hall–Kier alpha value is -1.72. The van der Waals surface area contributed by atoms with E-state index in [0.717, 1.165) is 16.1 Å². The second-order valence-corrected chi connectivity index (χ2v) is 4.69. The first-order chi connectivity index (χ1) is 8.74. The number of thiazole rings is 1. The quantitative estimate of drug-likeness (QED) is 0.796. The summed E-state index contributed by atoms with van der Waals surface area (Å²) in [5, 5.41) is 0.799. The lowest BCUT2D eigenvalue weighted by Gasteiger charge is -2.01. The number of nitrogens with zero attached hydrogens (tertiary/aromatic N) is 1. The average Bonchev–Trinajstić information content (AvgIpc) is 2.88. The van der Waals surface area contributed by atoms with Gasteiger partial charge in [-0.15, -0.1) is 11.3 Å². The zero-order valence-electron chi connectivity index (χ0n) is 10.2. The highest BCUT2D eigenvalue weighted by Crippen LogP contribution is 2.26. The number of ether oxygens (including phenoxy) is 2. The molecule has 0 spiro atoms. The number of carbonyl (C=O) groups excluding carboxylic acids is 1. The van der Waals surface area contributed by atoms with E-state index in [0.29, 0.717) is 11.5 Å². The van der Waals surface area contributed by atoms with E-state index in [1.165, 1.54) is 24.6 Å². The molecular formula is C13H13NO3S. The van der Waals surface area contributed by atoms with E-state index in [2.05, 4.69) is 9.72 Å². The van der Waals surface area contributed by atoms with Gasteiger partial charge < -0.3 is 9.47 Å². The summed E-state index contributed by atoms with van der Waals surface area (Å²) in [6.07, 6.45) is 1.54. The third kappa shape index (κ3) is 2.75. The molecule has 0 amide bonds. The minimum atomic E-state index is -0.355. The monoisotopic (exact) mass is 263 g/mol. The Morgan fingerprint density at radius 2 is 2.22 bits per heavy atom. The summed E-state index contributed by atoms with van der Waals surface area (Å²) in [5.41, 5.74) is 2.05. The molecule has 0 saturated heterocycles. The van der Waals surface area contributed by atoms with Crippen LogP contribution in [0.15, 0.2) is 30.5 Å². The van der Waals surface area contributed by atoms with Crippen LogP contribution in [-0.2, 0) is 16.1 Å². The minimum absolute atomic E-state index is 0.355. The first-order valence-electron chi connectivity index (χ1n) is 5.37. The van der Waals surface area contributed by atoms with Crippen LogP contribution in [0.4, 0.5) is 0 Å². The van der Waals surface area contributed by atoms with Crippen molar-refractivity contribution in [1.29, 1.82) is 0 Å². The van der Waals surface area contributed by atoms with E-state index in [4.69, 9.17) is 4.74 Å². The summed E-state index contributed by atoms with van der Waals surface area (Å²) in [7, 11) is 3.02. The molecule has 0 atom stereocenters. The topological polar surface area (TPSA) is 48.4 Å². The number of methoxy groups -OCH3 is 2. The fraction of sp³-hybridized carbons (Fsp3) is 0.231. The molecule has 0 radical (unpaired) electrons. The van der Waals surface area contributed by atoms with Crippen LogP contribution in [0.1, 0.15) is 15.2 Å². The second-order valence-electron chi connectivity index (χ2n) is 3.65. The molecule has 0 fully saturated rings. The van der Waals surface area contributed by atoms with Gasteiger partial charge >= 0.3 is 5.97 Å². The lowest BCUT2D eigenvalue weighted by Crippen LogP contribution is -1.96. The number of hydrogen-bond donors (Lipinski definition) is 0. The Labute approximate surface area is 109 Å². The van der Waals surface area contributed by atoms with Crippen molar-refractivity contribution in [2.75, 3.05) is 14.2 Å². The van der Waals surface area contributed by atoms with Crippen LogP contribution < -0.4 is 0 Å². The largest absolute Gasteiger partial charge is 0.465 e. The molecule has 4 nitrogen and oxygen atoms in total. The molecule has 0 aliphatic heterocycles. The molecule has 2 rings (SSSR count). The molecule has 1 aromatic carbocycles. The van der Waals surface area contributed by atoms with Crippen molar-refractivity contribution >= 4 is 17.3 Å². The van der Waals surface area contributed by atoms with Crippen LogP contribution >= 0.6 is 11.3 Å². The molecule has 5 heteroatoms. The molecule has 0 unspecified atom stereocenters. The highest BCUT2D eigenvalue weighted by Gasteiger charge is 2.11. The van der Waals surface area contributed by atoms with Gasteiger partial charge in [0.25, 0.3) is 0 Å². The van der Waals surface area contributed by atoms with Crippen molar-refractivity contribution in [3.8, 4) is 10.6 Å². The van der Waals surface area contributed by atoms with Crippen molar-refractivity contribution in [2.45, 2.75) is 6.61 Å². The van der Waals surface area contributed by atoms with E-state index in [1.807, 2.05) is 24.3 Å². The third-order valence-corrected chi connectivity index (χ3v) is 3.40. The number of aromatic nitrogens is 1. The number of esters is 1. The maximum Gasteiger partial charge on any atom is 0.349 e. The summed E-state index contributed by atoms with van der Waals surface area (Å²) in [6, 6.07) is 7.90. The molecule has 0 aliphatic carbocycles. The number of rotatable bonds is 4. The van der Waals surface area contributed by atoms with E-state index in [1.54, 1.807) is 7.11 Å². The number of carbonyl (C=O) groups is 1. The van der Waals surface area contributed by atoms with Gasteiger partial charge in [0, 0.05) is 12.7 Å². The standard InChI is InChI=1S/C13H13NO3S/c1-16-8-9-4-3-5-10(6-9)12-14-7-11(18-12)13(15)17-2/h3-7H,8H2,1-2H3. The summed E-state index contributed by atoms with van der Waals surface area (Å²) < 4.78 is 9.75. The Kier molecular flexibility index (Phi) is 4.07. The predicted octanol–water partition coefficient (Wildman–Crippen LogP) is 2.74. The normalized spacial score (nSPS) is 10.3. The Morgan fingerprint density at radius 1 is 1.39 bits per heavy atom. The van der Waals surface area contributed by atoms with E-state index < -0.39 is 0 Å². The Bertz CT molecular complexity index is 551. The molecule has 2 aromatic rings. The minimum Gasteiger partial charge on any atom is -0.465 e. The second kappa shape index (κ2) is 5.75. The van der Waals surface area contributed by atoms with Crippen molar-refractivity contribution in [2.24, 2.45) is 0 Å². The van der Waals surface area contributed by atoms with Gasteiger partial charge in [-0.1, -0.05) is 18.2 Å². The van der Waals surface area contributed by atoms with Crippen LogP contribution in [-0.4, -0.2) is 25.2 Å². The molecule has 0 saturated carbocycles. The van der Waals surface area contributed by atoms with Gasteiger partial charge in [-0.05, 0) is 11.6 Å². The Balaban J connectivity index is 2.28. The zero-order valence-corrected chi connectivity index (χ0v) is 11.0. The molecule has 18 heavy (non-hydrogen) atoms. The van der Waals surface area contributed by atoms with E-state index in [9.17, 15) is 4.79 Å². The Morgan fingerprint density at radius 3 is 2.94 bits per heavy atom. The van der Waals surface area contributed by atoms with Crippen molar-refractivity contribution in [3.63, 3.8) is 0 Å². The fourth-order valence-electron chi connectivity index (χ4n) is 1.56. The molecule has 0 N–H and O–H groups in total. The molecule has 1 aromatic heterocycles. The molecule has 1 heterocycles. The first-order valence-corrected chi connectivity index (χ1v) is 6.18. The van der Waals surface area contributed by atoms with Crippen LogP contribution in [0.5, 0.6) is 0 Å². The molecule has 0 aliphatic rings. The number of hydrogen-bond acceptors (Lipinski definition) is 5. The highest BCUT2D eigenvalue weighted by atomic mass is 32.1. The fourth-order valence-corrected chi connectivity index (χ4v) is 2.39. The van der Waals surface area contributed by atoms with Gasteiger partial charge in [0.05, 0.1) is 19.9 Å². The summed E-state index contributed by atoms with van der Waals surface area (Å²) in [6.45, 7) is 0.559. The maximum atomic E-state index is 11.4. The van der Waals surface area contributed by atoms with Crippen molar-refractivity contribution in [1.82, 2.24) is 4.98 Å². The van der Waals surface area contributed by atoms with Crippen LogP contribution in [0, 0.1) is 0 Å². The van der Waals surface area contributed by atoms with Crippen LogP contribution in [0.3, 0.4) is 0 Å². The van der Waals surface area contributed by atoms with Crippen LogP contribution in [0.2, 0.25) is 0 Å². The van der Waals surface area contributed by atoms with Gasteiger partial charge in [-0.3, -0.25) is 0 Å². The highest BCUT2D eigenvalue weighted by molar-refractivity contribution is 7.16. The summed E-state index contributed by atoms with van der Waals surface area (Å²) in [4.78, 5) is 16.1. The van der Waals surface area contributed by atoms with Gasteiger partial charge in [-0.25, -0.2) is 9.78 Å². The zero-order chi connectivity index (χ0) is 13.0. The molecule has 94 valence electrons. The average molecular weight is 263 g/mol. The van der Waals surface area contributed by atoms with Crippen molar-refractivity contribution < 1.29 is 14.3 Å². The van der Waals surface area contributed by atoms with Gasteiger partial charge in [0.1, 0.15) is 9.88 Å². The predicted molar refractivity (Wildman–Crippen MR) is 69.6 cm³/mol. The SMILES string of the molecule is COCc1cccc(-c2ncc(C(=O)OC)s2)c1. The molecule has 0 bridgehead atoms. The van der Waals surface area contributed by atoms with E-state index >= 15 is 0 Å². The number of benzene rings is 1. The van der Waals surface area contributed by atoms with Gasteiger partial charge in [0.15, 0.2) is 0 Å². The maximum absolute atomic E-state index is 11.4. The van der Waals surface area contributed by atoms with Gasteiger partial charge in [-0.2, -0.15) is 0 Å². The first kappa shape index (κ1) is 12.7.